The van der Waals surface area contributed by atoms with Gasteiger partial charge in [0.2, 0.25) is 0 Å². The Kier molecular flexibility index (Phi) is 3.97. The van der Waals surface area contributed by atoms with Gasteiger partial charge in [-0.05, 0) is 17.7 Å². The first-order chi connectivity index (χ1) is 8.85. The van der Waals surface area contributed by atoms with Gasteiger partial charge in [-0.1, -0.05) is 36.4 Å². The molecule has 0 aliphatic heterocycles. The molecule has 0 radical (unpaired) electrons. The largest absolute Gasteiger partial charge is 0.493 e. The molecule has 0 fully saturated rings. The average molecular weight is 241 g/mol. The molecule has 0 aliphatic rings. The number of para-hydroxylation sites is 1. The number of ether oxygens (including phenoxy) is 2. The number of methoxy groups -OCH3 is 2. The lowest BCUT2D eigenvalue weighted by molar-refractivity contribution is 0.356. The van der Waals surface area contributed by atoms with E-state index in [1.165, 1.54) is 0 Å². The normalized spacial score (nSPS) is 10.6. The van der Waals surface area contributed by atoms with Crippen LogP contribution in [0.15, 0.2) is 53.5 Å². The Morgan fingerprint density at radius 1 is 0.889 bits per heavy atom. The second-order valence-electron chi connectivity index (χ2n) is 3.68. The summed E-state index contributed by atoms with van der Waals surface area (Å²) in [6, 6.07) is 15.5. The van der Waals surface area contributed by atoms with E-state index in [1.807, 2.05) is 48.5 Å². The summed E-state index contributed by atoms with van der Waals surface area (Å²) in [4.78, 5) is 4.43. The van der Waals surface area contributed by atoms with E-state index in [4.69, 9.17) is 9.47 Å². The van der Waals surface area contributed by atoms with Gasteiger partial charge in [-0.15, -0.1) is 0 Å². The Balaban J connectivity index is 2.32. The molecule has 0 aliphatic carbocycles. The van der Waals surface area contributed by atoms with E-state index >= 15 is 0 Å². The molecular formula is C15H15NO2. The summed E-state index contributed by atoms with van der Waals surface area (Å²) in [5.74, 6) is 1.33. The van der Waals surface area contributed by atoms with Crippen molar-refractivity contribution in [1.82, 2.24) is 0 Å². The van der Waals surface area contributed by atoms with E-state index in [0.29, 0.717) is 11.5 Å². The second-order valence-corrected chi connectivity index (χ2v) is 3.68. The quantitative estimate of drug-likeness (QED) is 0.767. The lowest BCUT2D eigenvalue weighted by Gasteiger charge is -2.09. The van der Waals surface area contributed by atoms with Gasteiger partial charge in [0, 0.05) is 6.21 Å². The third kappa shape index (κ3) is 2.69. The molecule has 0 unspecified atom stereocenters. The standard InChI is InChI=1S/C15H15NO2/c1-17-14-10-6-9-13(15(14)18-2)16-11-12-7-4-3-5-8-12/h3-11H,1-2H3. The van der Waals surface area contributed by atoms with Crippen molar-refractivity contribution in [2.75, 3.05) is 14.2 Å². The van der Waals surface area contributed by atoms with Crippen LogP contribution in [0, 0.1) is 0 Å². The van der Waals surface area contributed by atoms with Crippen LogP contribution in [0.3, 0.4) is 0 Å². The van der Waals surface area contributed by atoms with Crippen LogP contribution in [0.5, 0.6) is 11.5 Å². The Morgan fingerprint density at radius 3 is 2.33 bits per heavy atom. The second kappa shape index (κ2) is 5.87. The van der Waals surface area contributed by atoms with Crippen molar-refractivity contribution < 1.29 is 9.47 Å². The van der Waals surface area contributed by atoms with Crippen molar-refractivity contribution in [3.63, 3.8) is 0 Å². The number of benzene rings is 2. The van der Waals surface area contributed by atoms with Crippen LogP contribution in [0.2, 0.25) is 0 Å². The fraction of sp³-hybridized carbons (Fsp3) is 0.133. The summed E-state index contributed by atoms with van der Waals surface area (Å²) in [6.45, 7) is 0. The SMILES string of the molecule is COc1cccc(N=Cc2ccccc2)c1OC. The molecule has 2 aromatic rings. The van der Waals surface area contributed by atoms with Gasteiger partial charge in [0.05, 0.1) is 14.2 Å². The van der Waals surface area contributed by atoms with E-state index in [0.717, 1.165) is 11.3 Å². The lowest BCUT2D eigenvalue weighted by atomic mass is 10.2. The Hall–Kier alpha value is -2.29. The zero-order valence-corrected chi connectivity index (χ0v) is 10.5. The molecule has 2 aromatic carbocycles. The van der Waals surface area contributed by atoms with Crippen LogP contribution in [-0.2, 0) is 0 Å². The monoisotopic (exact) mass is 241 g/mol. The molecule has 0 saturated carbocycles. The summed E-state index contributed by atoms with van der Waals surface area (Å²) >= 11 is 0. The third-order valence-electron chi connectivity index (χ3n) is 2.53. The molecular weight excluding hydrogens is 226 g/mol. The zero-order valence-electron chi connectivity index (χ0n) is 10.5. The molecule has 0 aromatic heterocycles. The van der Waals surface area contributed by atoms with Crippen LogP contribution >= 0.6 is 0 Å². The van der Waals surface area contributed by atoms with Gasteiger partial charge in [0.25, 0.3) is 0 Å². The first-order valence-electron chi connectivity index (χ1n) is 5.65. The van der Waals surface area contributed by atoms with E-state index in [2.05, 4.69) is 4.99 Å². The van der Waals surface area contributed by atoms with Crippen molar-refractivity contribution in [3.8, 4) is 11.5 Å². The van der Waals surface area contributed by atoms with Crippen molar-refractivity contribution in [2.24, 2.45) is 4.99 Å². The molecule has 0 N–H and O–H groups in total. The van der Waals surface area contributed by atoms with E-state index in [-0.39, 0.29) is 0 Å². The minimum Gasteiger partial charge on any atom is -0.493 e. The number of hydrogen-bond donors (Lipinski definition) is 0. The Morgan fingerprint density at radius 2 is 1.67 bits per heavy atom. The van der Waals surface area contributed by atoms with E-state index in [1.54, 1.807) is 20.4 Å². The van der Waals surface area contributed by atoms with Crippen molar-refractivity contribution in [3.05, 3.63) is 54.1 Å². The van der Waals surface area contributed by atoms with Crippen molar-refractivity contribution >= 4 is 11.9 Å². The van der Waals surface area contributed by atoms with Gasteiger partial charge in [-0.2, -0.15) is 0 Å². The highest BCUT2D eigenvalue weighted by Crippen LogP contribution is 2.36. The number of rotatable bonds is 4. The van der Waals surface area contributed by atoms with Crippen LogP contribution in [0.25, 0.3) is 0 Å². The maximum atomic E-state index is 5.32. The van der Waals surface area contributed by atoms with Crippen molar-refractivity contribution in [1.29, 1.82) is 0 Å². The molecule has 0 amide bonds. The summed E-state index contributed by atoms with van der Waals surface area (Å²) in [7, 11) is 3.22. The predicted molar refractivity (Wildman–Crippen MR) is 73.2 cm³/mol. The maximum Gasteiger partial charge on any atom is 0.186 e. The molecule has 2 rings (SSSR count). The predicted octanol–water partition coefficient (Wildman–Crippen LogP) is 3.45. The summed E-state index contributed by atoms with van der Waals surface area (Å²) in [5, 5.41) is 0. The van der Waals surface area contributed by atoms with E-state index < -0.39 is 0 Å². The molecule has 0 spiro atoms. The fourth-order valence-corrected chi connectivity index (χ4v) is 1.65. The summed E-state index contributed by atoms with van der Waals surface area (Å²) in [6.07, 6.45) is 1.80. The molecule has 0 saturated heterocycles. The highest BCUT2D eigenvalue weighted by atomic mass is 16.5. The number of nitrogens with zero attached hydrogens (tertiary/aromatic N) is 1. The number of aliphatic imine (C=N–C) groups is 1. The molecule has 92 valence electrons. The average Bonchev–Trinajstić information content (AvgIpc) is 2.45. The molecule has 0 atom stereocenters. The van der Waals surface area contributed by atoms with Gasteiger partial charge in [0.1, 0.15) is 5.69 Å². The lowest BCUT2D eigenvalue weighted by Crippen LogP contribution is -1.90. The molecule has 0 heterocycles. The van der Waals surface area contributed by atoms with Crippen LogP contribution in [0.4, 0.5) is 5.69 Å². The van der Waals surface area contributed by atoms with Crippen molar-refractivity contribution in [2.45, 2.75) is 0 Å². The molecule has 18 heavy (non-hydrogen) atoms. The maximum absolute atomic E-state index is 5.32. The van der Waals surface area contributed by atoms with Crippen LogP contribution < -0.4 is 9.47 Å². The Labute approximate surface area is 107 Å². The van der Waals surface area contributed by atoms with Gasteiger partial charge < -0.3 is 9.47 Å². The highest BCUT2D eigenvalue weighted by molar-refractivity contribution is 5.83. The third-order valence-corrected chi connectivity index (χ3v) is 2.53. The molecule has 3 heteroatoms. The van der Waals surface area contributed by atoms with Gasteiger partial charge >= 0.3 is 0 Å². The molecule has 3 nitrogen and oxygen atoms in total. The van der Waals surface area contributed by atoms with Gasteiger partial charge in [-0.3, -0.25) is 4.99 Å². The summed E-state index contributed by atoms with van der Waals surface area (Å²) in [5.41, 5.74) is 1.79. The first kappa shape index (κ1) is 12.2. The van der Waals surface area contributed by atoms with Gasteiger partial charge in [0.15, 0.2) is 11.5 Å². The molecule has 0 bridgehead atoms. The minimum absolute atomic E-state index is 0.646. The van der Waals surface area contributed by atoms with E-state index in [9.17, 15) is 0 Å². The minimum atomic E-state index is 0.646. The van der Waals surface area contributed by atoms with Gasteiger partial charge in [-0.25, -0.2) is 0 Å². The van der Waals surface area contributed by atoms with Crippen LogP contribution in [0.1, 0.15) is 5.56 Å². The smallest absolute Gasteiger partial charge is 0.186 e. The topological polar surface area (TPSA) is 30.8 Å². The first-order valence-corrected chi connectivity index (χ1v) is 5.65. The Bertz CT molecular complexity index is 535. The number of hydrogen-bond acceptors (Lipinski definition) is 3. The fourth-order valence-electron chi connectivity index (χ4n) is 1.65. The highest BCUT2D eigenvalue weighted by Gasteiger charge is 2.07. The zero-order chi connectivity index (χ0) is 12.8. The summed E-state index contributed by atoms with van der Waals surface area (Å²) < 4.78 is 10.5. The van der Waals surface area contributed by atoms with Crippen LogP contribution in [-0.4, -0.2) is 20.4 Å².